The number of aromatic carboxylic acids is 1. The van der Waals surface area contributed by atoms with Crippen LogP contribution in [0.3, 0.4) is 0 Å². The van der Waals surface area contributed by atoms with Gasteiger partial charge in [0.05, 0.1) is 10.5 Å². The van der Waals surface area contributed by atoms with Gasteiger partial charge >= 0.3 is 5.97 Å². The van der Waals surface area contributed by atoms with E-state index in [2.05, 4.69) is 5.32 Å². The summed E-state index contributed by atoms with van der Waals surface area (Å²) in [6.45, 7) is 7.49. The van der Waals surface area contributed by atoms with Gasteiger partial charge in [-0.05, 0) is 33.3 Å². The van der Waals surface area contributed by atoms with Gasteiger partial charge in [0.1, 0.15) is 0 Å². The van der Waals surface area contributed by atoms with Crippen molar-refractivity contribution >= 4 is 17.3 Å². The van der Waals surface area contributed by atoms with Crippen molar-refractivity contribution in [3.8, 4) is 0 Å². The first kappa shape index (κ1) is 14.9. The van der Waals surface area contributed by atoms with Gasteiger partial charge in [-0.15, -0.1) is 0 Å². The SMILES string of the molecule is CCC(C)(C)Nc1cc(C(=O)O)cc([N+](=O)[O-])c1C. The molecule has 104 valence electrons. The summed E-state index contributed by atoms with van der Waals surface area (Å²) in [6, 6.07) is 2.52. The molecule has 0 aliphatic rings. The summed E-state index contributed by atoms with van der Waals surface area (Å²) in [4.78, 5) is 21.4. The van der Waals surface area contributed by atoms with Crippen molar-refractivity contribution < 1.29 is 14.8 Å². The molecule has 0 amide bonds. The average Bonchev–Trinajstić information content (AvgIpc) is 2.30. The van der Waals surface area contributed by atoms with Gasteiger partial charge < -0.3 is 10.4 Å². The van der Waals surface area contributed by atoms with Crippen LogP contribution in [0.2, 0.25) is 0 Å². The van der Waals surface area contributed by atoms with Crippen LogP contribution < -0.4 is 5.32 Å². The number of hydrogen-bond donors (Lipinski definition) is 2. The van der Waals surface area contributed by atoms with E-state index in [1.807, 2.05) is 20.8 Å². The largest absolute Gasteiger partial charge is 0.478 e. The van der Waals surface area contributed by atoms with Crippen LogP contribution in [0.25, 0.3) is 0 Å². The fraction of sp³-hybridized carbons (Fsp3) is 0.462. The molecule has 0 aromatic heterocycles. The number of carbonyl (C=O) groups is 1. The van der Waals surface area contributed by atoms with Crippen molar-refractivity contribution in [2.45, 2.75) is 39.7 Å². The number of nitrogens with zero attached hydrogens (tertiary/aromatic N) is 1. The molecule has 2 N–H and O–H groups in total. The van der Waals surface area contributed by atoms with Gasteiger partial charge in [-0.3, -0.25) is 10.1 Å². The molecule has 0 saturated heterocycles. The molecule has 0 aliphatic carbocycles. The Balaban J connectivity index is 3.37. The second kappa shape index (κ2) is 5.26. The lowest BCUT2D eigenvalue weighted by molar-refractivity contribution is -0.385. The van der Waals surface area contributed by atoms with E-state index in [1.165, 1.54) is 6.07 Å². The predicted molar refractivity (Wildman–Crippen MR) is 72.8 cm³/mol. The third-order valence-corrected chi connectivity index (χ3v) is 3.18. The molecule has 19 heavy (non-hydrogen) atoms. The number of nitrogens with one attached hydrogen (secondary N) is 1. The highest BCUT2D eigenvalue weighted by Crippen LogP contribution is 2.30. The van der Waals surface area contributed by atoms with Crippen molar-refractivity contribution in [3.63, 3.8) is 0 Å². The van der Waals surface area contributed by atoms with E-state index in [-0.39, 0.29) is 16.8 Å². The Bertz CT molecular complexity index is 524. The first-order chi connectivity index (χ1) is 8.68. The number of hydrogen-bond acceptors (Lipinski definition) is 4. The van der Waals surface area contributed by atoms with Gasteiger partial charge in [0.25, 0.3) is 5.69 Å². The fourth-order valence-corrected chi connectivity index (χ4v) is 1.59. The molecule has 0 aliphatic heterocycles. The molecule has 1 aromatic rings. The number of carboxylic acids is 1. The van der Waals surface area contributed by atoms with Gasteiger partial charge in [0.15, 0.2) is 0 Å². The molecule has 0 unspecified atom stereocenters. The number of nitro benzene ring substituents is 1. The molecule has 0 fully saturated rings. The summed E-state index contributed by atoms with van der Waals surface area (Å²) in [5.41, 5.74) is 0.381. The summed E-state index contributed by atoms with van der Waals surface area (Å²) in [5.74, 6) is -1.18. The molecular weight excluding hydrogens is 248 g/mol. The second-order valence-corrected chi connectivity index (χ2v) is 5.09. The molecule has 0 spiro atoms. The Morgan fingerprint density at radius 2 is 2.05 bits per heavy atom. The molecule has 6 nitrogen and oxygen atoms in total. The highest BCUT2D eigenvalue weighted by molar-refractivity contribution is 5.90. The molecule has 0 radical (unpaired) electrons. The smallest absolute Gasteiger partial charge is 0.336 e. The van der Waals surface area contributed by atoms with Crippen LogP contribution in [0.4, 0.5) is 11.4 Å². The zero-order valence-corrected chi connectivity index (χ0v) is 11.5. The van der Waals surface area contributed by atoms with Crippen LogP contribution in [0, 0.1) is 17.0 Å². The molecule has 0 atom stereocenters. The number of carboxylic acid groups (broad SMARTS) is 1. The van der Waals surface area contributed by atoms with Crippen molar-refractivity contribution in [3.05, 3.63) is 33.4 Å². The van der Waals surface area contributed by atoms with Crippen LogP contribution in [-0.4, -0.2) is 21.5 Å². The monoisotopic (exact) mass is 266 g/mol. The molecule has 1 aromatic carbocycles. The topological polar surface area (TPSA) is 92.5 Å². The van der Waals surface area contributed by atoms with Gasteiger partial charge in [-0.1, -0.05) is 6.92 Å². The summed E-state index contributed by atoms with van der Waals surface area (Å²) in [5, 5.41) is 23.1. The Morgan fingerprint density at radius 1 is 1.47 bits per heavy atom. The lowest BCUT2D eigenvalue weighted by Crippen LogP contribution is -2.30. The van der Waals surface area contributed by atoms with E-state index in [0.29, 0.717) is 11.3 Å². The maximum Gasteiger partial charge on any atom is 0.336 e. The maximum absolute atomic E-state index is 11.0. The van der Waals surface area contributed by atoms with E-state index < -0.39 is 10.9 Å². The Hall–Kier alpha value is -2.11. The molecule has 0 saturated carbocycles. The van der Waals surface area contributed by atoms with Crippen LogP contribution >= 0.6 is 0 Å². The lowest BCUT2D eigenvalue weighted by atomic mass is 9.99. The molecule has 0 heterocycles. The summed E-state index contributed by atoms with van der Waals surface area (Å²) >= 11 is 0. The highest BCUT2D eigenvalue weighted by atomic mass is 16.6. The fourth-order valence-electron chi connectivity index (χ4n) is 1.59. The standard InChI is InChI=1S/C13H18N2O4/c1-5-13(3,4)14-10-6-9(12(16)17)7-11(8(10)2)15(18)19/h6-7,14H,5H2,1-4H3,(H,16,17). The highest BCUT2D eigenvalue weighted by Gasteiger charge is 2.22. The summed E-state index contributed by atoms with van der Waals surface area (Å²) in [6.07, 6.45) is 0.803. The van der Waals surface area contributed by atoms with E-state index in [1.54, 1.807) is 6.92 Å². The van der Waals surface area contributed by atoms with Crippen LogP contribution in [-0.2, 0) is 0 Å². The van der Waals surface area contributed by atoms with Gasteiger partial charge in [0.2, 0.25) is 0 Å². The van der Waals surface area contributed by atoms with E-state index in [9.17, 15) is 14.9 Å². The van der Waals surface area contributed by atoms with Crippen molar-refractivity contribution in [2.24, 2.45) is 0 Å². The third kappa shape index (κ3) is 3.43. The summed E-state index contributed by atoms with van der Waals surface area (Å²) in [7, 11) is 0. The normalized spacial score (nSPS) is 11.2. The third-order valence-electron chi connectivity index (χ3n) is 3.18. The quantitative estimate of drug-likeness (QED) is 0.630. The maximum atomic E-state index is 11.0. The van der Waals surface area contributed by atoms with Gasteiger partial charge in [-0.2, -0.15) is 0 Å². The summed E-state index contributed by atoms with van der Waals surface area (Å²) < 4.78 is 0. The number of anilines is 1. The lowest BCUT2D eigenvalue weighted by Gasteiger charge is -2.27. The number of nitro groups is 1. The molecule has 6 heteroatoms. The zero-order valence-electron chi connectivity index (χ0n) is 11.5. The number of benzene rings is 1. The van der Waals surface area contributed by atoms with E-state index in [0.717, 1.165) is 12.5 Å². The van der Waals surface area contributed by atoms with E-state index in [4.69, 9.17) is 5.11 Å². The van der Waals surface area contributed by atoms with Crippen molar-refractivity contribution in [2.75, 3.05) is 5.32 Å². The van der Waals surface area contributed by atoms with Crippen molar-refractivity contribution in [1.29, 1.82) is 0 Å². The molecule has 1 rings (SSSR count). The minimum Gasteiger partial charge on any atom is -0.478 e. The van der Waals surface area contributed by atoms with Crippen LogP contribution in [0.5, 0.6) is 0 Å². The van der Waals surface area contributed by atoms with Gasteiger partial charge in [0, 0.05) is 22.9 Å². The van der Waals surface area contributed by atoms with Gasteiger partial charge in [-0.25, -0.2) is 4.79 Å². The van der Waals surface area contributed by atoms with Crippen LogP contribution in [0.15, 0.2) is 12.1 Å². The Kier molecular flexibility index (Phi) is 4.14. The minimum atomic E-state index is -1.18. The minimum absolute atomic E-state index is 0.0910. The number of rotatable bonds is 5. The average molecular weight is 266 g/mol. The first-order valence-corrected chi connectivity index (χ1v) is 5.98. The van der Waals surface area contributed by atoms with Crippen molar-refractivity contribution in [1.82, 2.24) is 0 Å². The first-order valence-electron chi connectivity index (χ1n) is 5.98. The Morgan fingerprint density at radius 3 is 2.47 bits per heavy atom. The second-order valence-electron chi connectivity index (χ2n) is 5.09. The Labute approximate surface area is 111 Å². The predicted octanol–water partition coefficient (Wildman–Crippen LogP) is 3.20. The zero-order chi connectivity index (χ0) is 14.8. The molecule has 0 bridgehead atoms. The van der Waals surface area contributed by atoms with Crippen LogP contribution in [0.1, 0.15) is 43.1 Å². The van der Waals surface area contributed by atoms with E-state index >= 15 is 0 Å². The molecular formula is C13H18N2O4.